The van der Waals surface area contributed by atoms with E-state index in [4.69, 9.17) is 11.6 Å². The van der Waals surface area contributed by atoms with Gasteiger partial charge in [0.25, 0.3) is 0 Å². The Hall–Kier alpha value is -0.570. The fourth-order valence-corrected chi connectivity index (χ4v) is 2.88. The molecule has 0 unspecified atom stereocenters. The van der Waals surface area contributed by atoms with Gasteiger partial charge in [0.05, 0.1) is 0 Å². The van der Waals surface area contributed by atoms with Gasteiger partial charge < -0.3 is 4.90 Å². The van der Waals surface area contributed by atoms with Crippen LogP contribution >= 0.6 is 11.6 Å². The van der Waals surface area contributed by atoms with Crippen molar-refractivity contribution in [3.8, 4) is 0 Å². The van der Waals surface area contributed by atoms with E-state index in [9.17, 15) is 0 Å². The molecule has 20 heavy (non-hydrogen) atoms. The van der Waals surface area contributed by atoms with E-state index in [1.54, 1.807) is 0 Å². The van der Waals surface area contributed by atoms with Crippen LogP contribution in [0, 0.1) is 0 Å². The van der Waals surface area contributed by atoms with Gasteiger partial charge in [0.2, 0.25) is 0 Å². The lowest BCUT2D eigenvalue weighted by Gasteiger charge is -2.23. The van der Waals surface area contributed by atoms with Crippen LogP contribution in [-0.2, 0) is 12.0 Å². The Morgan fingerprint density at radius 2 is 1.85 bits per heavy atom. The van der Waals surface area contributed by atoms with E-state index >= 15 is 0 Å². The number of hydrogen-bond donors (Lipinski definition) is 0. The Morgan fingerprint density at radius 3 is 2.50 bits per heavy atom. The largest absolute Gasteiger partial charge is 0.305 e. The highest BCUT2D eigenvalue weighted by molar-refractivity contribution is 6.31. The van der Waals surface area contributed by atoms with Crippen LogP contribution in [0.5, 0.6) is 0 Å². The molecule has 0 amide bonds. The normalized spacial score (nSPS) is 19.1. The van der Waals surface area contributed by atoms with Crippen molar-refractivity contribution in [3.05, 3.63) is 34.3 Å². The van der Waals surface area contributed by atoms with Crippen molar-refractivity contribution in [1.82, 2.24) is 9.80 Å². The van der Waals surface area contributed by atoms with E-state index in [2.05, 4.69) is 55.8 Å². The molecule has 0 saturated carbocycles. The summed E-state index contributed by atoms with van der Waals surface area (Å²) in [6.45, 7) is 12.3. The number of benzene rings is 1. The van der Waals surface area contributed by atoms with Crippen LogP contribution in [0.3, 0.4) is 0 Å². The molecular formula is C17H27ClN2. The molecule has 0 atom stereocenters. The van der Waals surface area contributed by atoms with Crippen LogP contribution < -0.4 is 0 Å². The summed E-state index contributed by atoms with van der Waals surface area (Å²) in [7, 11) is 2.20. The van der Waals surface area contributed by atoms with Crippen molar-refractivity contribution in [3.63, 3.8) is 0 Å². The Balaban J connectivity index is 2.06. The standard InChI is InChI=1S/C17H27ClN2/c1-17(2,3)15-7-6-14(16(18)12-15)13-20-9-5-8-19(4)10-11-20/h6-7,12H,5,8-11,13H2,1-4H3. The summed E-state index contributed by atoms with van der Waals surface area (Å²) in [4.78, 5) is 4.92. The quantitative estimate of drug-likeness (QED) is 0.819. The predicted molar refractivity (Wildman–Crippen MR) is 87.5 cm³/mol. The van der Waals surface area contributed by atoms with Gasteiger partial charge in [0.15, 0.2) is 0 Å². The van der Waals surface area contributed by atoms with Gasteiger partial charge in [-0.3, -0.25) is 4.90 Å². The molecule has 0 N–H and O–H groups in total. The molecule has 1 aromatic carbocycles. The van der Waals surface area contributed by atoms with Crippen LogP contribution in [0.1, 0.15) is 38.3 Å². The molecule has 0 aliphatic carbocycles. The Bertz CT molecular complexity index is 451. The topological polar surface area (TPSA) is 6.48 Å². The van der Waals surface area contributed by atoms with Gasteiger partial charge in [0, 0.05) is 24.7 Å². The summed E-state index contributed by atoms with van der Waals surface area (Å²) in [6.07, 6.45) is 1.24. The summed E-state index contributed by atoms with van der Waals surface area (Å²) >= 11 is 6.49. The maximum absolute atomic E-state index is 6.49. The maximum atomic E-state index is 6.49. The van der Waals surface area contributed by atoms with Crippen LogP contribution in [0.15, 0.2) is 18.2 Å². The van der Waals surface area contributed by atoms with Crippen LogP contribution in [0.4, 0.5) is 0 Å². The Labute approximate surface area is 128 Å². The van der Waals surface area contributed by atoms with Crippen molar-refractivity contribution >= 4 is 11.6 Å². The minimum Gasteiger partial charge on any atom is -0.305 e. The van der Waals surface area contributed by atoms with Crippen molar-refractivity contribution in [2.24, 2.45) is 0 Å². The van der Waals surface area contributed by atoms with Crippen molar-refractivity contribution in [2.45, 2.75) is 39.2 Å². The highest BCUT2D eigenvalue weighted by Crippen LogP contribution is 2.27. The first-order chi connectivity index (χ1) is 9.36. The second-order valence-corrected chi connectivity index (χ2v) is 7.40. The average Bonchev–Trinajstić information content (AvgIpc) is 2.56. The molecule has 0 aromatic heterocycles. The number of rotatable bonds is 2. The van der Waals surface area contributed by atoms with E-state index in [-0.39, 0.29) is 5.41 Å². The molecule has 1 aromatic rings. The molecule has 3 heteroatoms. The smallest absolute Gasteiger partial charge is 0.0453 e. The maximum Gasteiger partial charge on any atom is 0.0453 e. The third-order valence-corrected chi connectivity index (χ3v) is 4.48. The summed E-state index contributed by atoms with van der Waals surface area (Å²) in [6, 6.07) is 6.57. The zero-order valence-electron chi connectivity index (χ0n) is 13.2. The number of likely N-dealkylation sites (N-methyl/N-ethyl adjacent to an activating group) is 1. The lowest BCUT2D eigenvalue weighted by molar-refractivity contribution is 0.269. The van der Waals surface area contributed by atoms with Crippen molar-refractivity contribution < 1.29 is 0 Å². The number of hydrogen-bond acceptors (Lipinski definition) is 2. The molecule has 1 aliphatic heterocycles. The molecule has 0 radical (unpaired) electrons. The number of nitrogens with zero attached hydrogens (tertiary/aromatic N) is 2. The van der Waals surface area contributed by atoms with E-state index in [1.165, 1.54) is 30.6 Å². The van der Waals surface area contributed by atoms with E-state index in [0.717, 1.165) is 24.7 Å². The molecule has 0 bridgehead atoms. The van der Waals surface area contributed by atoms with Crippen molar-refractivity contribution in [2.75, 3.05) is 33.2 Å². The highest BCUT2D eigenvalue weighted by Gasteiger charge is 2.17. The molecular weight excluding hydrogens is 268 g/mol. The first kappa shape index (κ1) is 15.8. The van der Waals surface area contributed by atoms with Crippen LogP contribution in [-0.4, -0.2) is 43.0 Å². The summed E-state index contributed by atoms with van der Waals surface area (Å²) in [5.41, 5.74) is 2.72. The third-order valence-electron chi connectivity index (χ3n) is 4.13. The molecule has 1 heterocycles. The molecule has 1 aliphatic rings. The number of halogens is 1. The SMILES string of the molecule is CN1CCCN(Cc2ccc(C(C)(C)C)cc2Cl)CC1. The molecule has 112 valence electrons. The lowest BCUT2D eigenvalue weighted by Crippen LogP contribution is -2.28. The van der Waals surface area contributed by atoms with E-state index < -0.39 is 0 Å². The highest BCUT2D eigenvalue weighted by atomic mass is 35.5. The predicted octanol–water partition coefficient (Wildman–Crippen LogP) is 3.78. The second-order valence-electron chi connectivity index (χ2n) is 6.99. The summed E-state index contributed by atoms with van der Waals surface area (Å²) in [5.74, 6) is 0. The lowest BCUT2D eigenvalue weighted by atomic mass is 9.86. The second kappa shape index (κ2) is 6.46. The molecule has 0 spiro atoms. The molecule has 2 nitrogen and oxygen atoms in total. The third kappa shape index (κ3) is 4.21. The zero-order chi connectivity index (χ0) is 14.8. The minimum absolute atomic E-state index is 0.160. The summed E-state index contributed by atoms with van der Waals surface area (Å²) in [5, 5.41) is 0.912. The molecule has 1 saturated heterocycles. The van der Waals surface area contributed by atoms with Gasteiger partial charge in [-0.2, -0.15) is 0 Å². The fraction of sp³-hybridized carbons (Fsp3) is 0.647. The van der Waals surface area contributed by atoms with Crippen molar-refractivity contribution in [1.29, 1.82) is 0 Å². The monoisotopic (exact) mass is 294 g/mol. The summed E-state index contributed by atoms with van der Waals surface area (Å²) < 4.78 is 0. The van der Waals surface area contributed by atoms with Gasteiger partial charge in [0.1, 0.15) is 0 Å². The Morgan fingerprint density at radius 1 is 1.10 bits per heavy atom. The van der Waals surface area contributed by atoms with E-state index in [1.807, 2.05) is 0 Å². The Kier molecular flexibility index (Phi) is 5.11. The molecule has 2 rings (SSSR count). The molecule has 1 fully saturated rings. The van der Waals surface area contributed by atoms with E-state index in [0.29, 0.717) is 0 Å². The zero-order valence-corrected chi connectivity index (χ0v) is 14.0. The fourth-order valence-electron chi connectivity index (χ4n) is 2.64. The van der Waals surface area contributed by atoms with Gasteiger partial charge in [-0.1, -0.05) is 44.5 Å². The minimum atomic E-state index is 0.160. The average molecular weight is 295 g/mol. The van der Waals surface area contributed by atoms with Gasteiger partial charge in [-0.25, -0.2) is 0 Å². The first-order valence-corrected chi connectivity index (χ1v) is 7.94. The van der Waals surface area contributed by atoms with Gasteiger partial charge in [-0.05, 0) is 49.2 Å². The van der Waals surface area contributed by atoms with Crippen LogP contribution in [0.2, 0.25) is 5.02 Å². The first-order valence-electron chi connectivity index (χ1n) is 7.56. The van der Waals surface area contributed by atoms with Gasteiger partial charge >= 0.3 is 0 Å². The van der Waals surface area contributed by atoms with Gasteiger partial charge in [-0.15, -0.1) is 0 Å². The van der Waals surface area contributed by atoms with Crippen LogP contribution in [0.25, 0.3) is 0 Å².